The Kier molecular flexibility index (Phi) is 4.36. The Morgan fingerprint density at radius 2 is 1.52 bits per heavy atom. The molecule has 0 aromatic heterocycles. The van der Waals surface area contributed by atoms with Crippen LogP contribution in [0.1, 0.15) is 39.9 Å². The molecule has 2 atom stereocenters. The fraction of sp³-hybridized carbons (Fsp3) is 0.167. The van der Waals surface area contributed by atoms with Gasteiger partial charge in [0, 0.05) is 22.6 Å². The molecule has 0 bridgehead atoms. The van der Waals surface area contributed by atoms with Crippen molar-refractivity contribution in [2.75, 3.05) is 0 Å². The number of hydrogen-bond acceptors (Lipinski definition) is 3. The van der Waals surface area contributed by atoms with E-state index in [1.54, 1.807) is 12.1 Å². The summed E-state index contributed by atoms with van der Waals surface area (Å²) >= 11 is 0. The zero-order valence-corrected chi connectivity index (χ0v) is 15.3. The SMILES string of the molecule is CC(=O)C(C(=O)c1ccccc1)C1c2ccccc2Oc2ccc(C)cc21. The third kappa shape index (κ3) is 3.06. The number of Topliss-reactive ketones (excluding diaryl/α,β-unsaturated/α-hetero) is 2. The lowest BCUT2D eigenvalue weighted by molar-refractivity contribution is -0.119. The maximum Gasteiger partial charge on any atom is 0.174 e. The van der Waals surface area contributed by atoms with Gasteiger partial charge >= 0.3 is 0 Å². The summed E-state index contributed by atoms with van der Waals surface area (Å²) in [5, 5.41) is 0. The van der Waals surface area contributed by atoms with Gasteiger partial charge in [0.15, 0.2) is 5.78 Å². The molecule has 1 heterocycles. The fourth-order valence-electron chi connectivity index (χ4n) is 3.83. The fourth-order valence-corrected chi connectivity index (χ4v) is 3.83. The van der Waals surface area contributed by atoms with E-state index in [1.165, 1.54) is 6.92 Å². The van der Waals surface area contributed by atoms with Gasteiger partial charge in [-0.3, -0.25) is 9.59 Å². The molecule has 27 heavy (non-hydrogen) atoms. The molecule has 134 valence electrons. The molecule has 3 heteroatoms. The van der Waals surface area contributed by atoms with Crippen molar-refractivity contribution in [3.8, 4) is 11.5 Å². The summed E-state index contributed by atoms with van der Waals surface area (Å²) in [6.45, 7) is 3.50. The smallest absolute Gasteiger partial charge is 0.174 e. The molecule has 3 aromatic rings. The molecule has 0 spiro atoms. The molecule has 2 unspecified atom stereocenters. The van der Waals surface area contributed by atoms with Crippen LogP contribution in [0, 0.1) is 12.8 Å². The lowest BCUT2D eigenvalue weighted by Gasteiger charge is -2.32. The first-order valence-electron chi connectivity index (χ1n) is 9.03. The van der Waals surface area contributed by atoms with Gasteiger partial charge in [0.1, 0.15) is 17.3 Å². The number of ketones is 2. The van der Waals surface area contributed by atoms with Crippen LogP contribution in [0.2, 0.25) is 0 Å². The molecule has 0 aliphatic carbocycles. The number of carbonyl (C=O) groups is 2. The maximum absolute atomic E-state index is 13.3. The van der Waals surface area contributed by atoms with E-state index in [2.05, 4.69) is 0 Å². The Bertz CT molecular complexity index is 1020. The second kappa shape index (κ2) is 6.84. The minimum Gasteiger partial charge on any atom is -0.457 e. The van der Waals surface area contributed by atoms with Crippen molar-refractivity contribution in [2.24, 2.45) is 5.92 Å². The predicted octanol–water partition coefficient (Wildman–Crippen LogP) is 5.32. The molecular formula is C24H20O3. The molecule has 4 rings (SSSR count). The summed E-state index contributed by atoms with van der Waals surface area (Å²) in [4.78, 5) is 26.0. The van der Waals surface area contributed by atoms with Crippen molar-refractivity contribution in [3.63, 3.8) is 0 Å². The topological polar surface area (TPSA) is 43.4 Å². The van der Waals surface area contributed by atoms with Gasteiger partial charge in [-0.15, -0.1) is 0 Å². The second-order valence-electron chi connectivity index (χ2n) is 6.98. The van der Waals surface area contributed by atoms with E-state index in [4.69, 9.17) is 4.74 Å². The largest absolute Gasteiger partial charge is 0.457 e. The van der Waals surface area contributed by atoms with Crippen LogP contribution in [0.4, 0.5) is 0 Å². The van der Waals surface area contributed by atoms with Crippen molar-refractivity contribution < 1.29 is 14.3 Å². The molecule has 0 radical (unpaired) electrons. The highest BCUT2D eigenvalue weighted by atomic mass is 16.5. The molecule has 1 aliphatic rings. The first-order valence-corrected chi connectivity index (χ1v) is 9.03. The first-order chi connectivity index (χ1) is 13.1. The number of ether oxygens (including phenoxy) is 1. The summed E-state index contributed by atoms with van der Waals surface area (Å²) in [6.07, 6.45) is 0. The molecule has 1 aliphatic heterocycles. The second-order valence-corrected chi connectivity index (χ2v) is 6.98. The first kappa shape index (κ1) is 17.2. The van der Waals surface area contributed by atoms with Crippen LogP contribution in [0.5, 0.6) is 11.5 Å². The summed E-state index contributed by atoms with van der Waals surface area (Å²) in [5.41, 5.74) is 3.38. The summed E-state index contributed by atoms with van der Waals surface area (Å²) in [5.74, 6) is -0.0503. The predicted molar refractivity (Wildman–Crippen MR) is 104 cm³/mol. The normalized spacial score (nSPS) is 15.9. The third-order valence-corrected chi connectivity index (χ3v) is 5.09. The van der Waals surface area contributed by atoms with Crippen LogP contribution in [-0.2, 0) is 4.79 Å². The number of carbonyl (C=O) groups excluding carboxylic acids is 2. The molecule has 0 fully saturated rings. The Labute approximate surface area is 158 Å². The Balaban J connectivity index is 1.91. The van der Waals surface area contributed by atoms with Crippen LogP contribution >= 0.6 is 0 Å². The van der Waals surface area contributed by atoms with E-state index in [0.29, 0.717) is 17.1 Å². The van der Waals surface area contributed by atoms with Gasteiger partial charge in [-0.1, -0.05) is 66.2 Å². The van der Waals surface area contributed by atoms with Crippen LogP contribution < -0.4 is 4.74 Å². The lowest BCUT2D eigenvalue weighted by Crippen LogP contribution is -2.31. The number of rotatable bonds is 4. The number of hydrogen-bond donors (Lipinski definition) is 0. The summed E-state index contributed by atoms with van der Waals surface area (Å²) < 4.78 is 6.06. The van der Waals surface area contributed by atoms with Gasteiger partial charge in [-0.2, -0.15) is 0 Å². The van der Waals surface area contributed by atoms with E-state index in [-0.39, 0.29) is 17.5 Å². The molecule has 0 saturated heterocycles. The third-order valence-electron chi connectivity index (χ3n) is 5.09. The van der Waals surface area contributed by atoms with Gasteiger partial charge in [0.2, 0.25) is 0 Å². The van der Waals surface area contributed by atoms with E-state index in [1.807, 2.05) is 67.6 Å². The highest BCUT2D eigenvalue weighted by Crippen LogP contribution is 2.48. The van der Waals surface area contributed by atoms with E-state index < -0.39 is 5.92 Å². The highest BCUT2D eigenvalue weighted by molar-refractivity contribution is 6.11. The van der Waals surface area contributed by atoms with E-state index in [0.717, 1.165) is 16.7 Å². The number of fused-ring (bicyclic) bond motifs is 2. The zero-order chi connectivity index (χ0) is 19.0. The average molecular weight is 356 g/mol. The number of para-hydroxylation sites is 1. The number of aryl methyl sites for hydroxylation is 1. The monoisotopic (exact) mass is 356 g/mol. The Morgan fingerprint density at radius 3 is 2.26 bits per heavy atom. The Hall–Kier alpha value is -3.20. The molecule has 0 N–H and O–H groups in total. The van der Waals surface area contributed by atoms with Gasteiger partial charge in [-0.25, -0.2) is 0 Å². The van der Waals surface area contributed by atoms with Crippen LogP contribution in [0.15, 0.2) is 72.8 Å². The van der Waals surface area contributed by atoms with Crippen LogP contribution in [-0.4, -0.2) is 11.6 Å². The van der Waals surface area contributed by atoms with Gasteiger partial charge in [0.05, 0.1) is 5.92 Å². The molecule has 3 aromatic carbocycles. The average Bonchev–Trinajstić information content (AvgIpc) is 2.68. The maximum atomic E-state index is 13.3. The van der Waals surface area contributed by atoms with Crippen molar-refractivity contribution in [1.29, 1.82) is 0 Å². The van der Waals surface area contributed by atoms with Crippen molar-refractivity contribution in [1.82, 2.24) is 0 Å². The van der Waals surface area contributed by atoms with Crippen LogP contribution in [0.3, 0.4) is 0 Å². The van der Waals surface area contributed by atoms with Gasteiger partial charge < -0.3 is 4.74 Å². The lowest BCUT2D eigenvalue weighted by atomic mass is 9.73. The van der Waals surface area contributed by atoms with E-state index >= 15 is 0 Å². The van der Waals surface area contributed by atoms with Crippen molar-refractivity contribution >= 4 is 11.6 Å². The minimum absolute atomic E-state index is 0.141. The quantitative estimate of drug-likeness (QED) is 0.469. The zero-order valence-electron chi connectivity index (χ0n) is 15.3. The number of benzene rings is 3. The van der Waals surface area contributed by atoms with Crippen molar-refractivity contribution in [2.45, 2.75) is 19.8 Å². The summed E-state index contributed by atoms with van der Waals surface area (Å²) in [6, 6.07) is 22.6. The minimum atomic E-state index is -0.794. The van der Waals surface area contributed by atoms with E-state index in [9.17, 15) is 9.59 Å². The van der Waals surface area contributed by atoms with Gasteiger partial charge in [0.25, 0.3) is 0 Å². The Morgan fingerprint density at radius 1 is 0.852 bits per heavy atom. The van der Waals surface area contributed by atoms with Gasteiger partial charge in [-0.05, 0) is 26.0 Å². The standard InChI is InChI=1S/C24H20O3/c1-15-12-13-21-19(14-15)23(18-10-6-7-11-20(18)27-21)22(16(2)25)24(26)17-8-4-3-5-9-17/h3-14,22-23H,1-2H3. The highest BCUT2D eigenvalue weighted by Gasteiger charge is 2.40. The summed E-state index contributed by atoms with van der Waals surface area (Å²) in [7, 11) is 0. The van der Waals surface area contributed by atoms with Crippen LogP contribution in [0.25, 0.3) is 0 Å². The van der Waals surface area contributed by atoms with Crippen molar-refractivity contribution in [3.05, 3.63) is 95.1 Å². The molecule has 3 nitrogen and oxygen atoms in total. The molecular weight excluding hydrogens is 336 g/mol. The molecule has 0 saturated carbocycles. The molecule has 0 amide bonds.